The third-order valence-corrected chi connectivity index (χ3v) is 1.99. The zero-order chi connectivity index (χ0) is 13.0. The molecule has 96 valence electrons. The van der Waals surface area contributed by atoms with E-state index in [-0.39, 0.29) is 24.2 Å². The number of alkyl halides is 2. The van der Waals surface area contributed by atoms with Gasteiger partial charge in [-0.15, -0.1) is 5.10 Å². The second-order valence-corrected chi connectivity index (χ2v) is 3.20. The number of hydrogen-bond donors (Lipinski definition) is 2. The van der Waals surface area contributed by atoms with E-state index in [0.717, 1.165) is 0 Å². The molecule has 0 spiro atoms. The van der Waals surface area contributed by atoms with E-state index in [1.165, 1.54) is 6.07 Å². The number of hydrogen-bond acceptors (Lipinski definition) is 6. The van der Waals surface area contributed by atoms with Crippen molar-refractivity contribution in [2.24, 2.45) is 5.73 Å². The number of halogens is 2. The van der Waals surface area contributed by atoms with Gasteiger partial charge in [0.1, 0.15) is 5.75 Å². The zero-order valence-corrected chi connectivity index (χ0v) is 9.14. The monoisotopic (exact) mass is 256 g/mol. The summed E-state index contributed by atoms with van der Waals surface area (Å²) in [4.78, 5) is 0. The van der Waals surface area contributed by atoms with Crippen molar-refractivity contribution in [2.75, 3.05) is 5.32 Å². The molecule has 1 aromatic carbocycles. The van der Waals surface area contributed by atoms with Gasteiger partial charge in [-0.05, 0) is 12.1 Å². The van der Waals surface area contributed by atoms with E-state index < -0.39 is 6.61 Å². The Labute approximate surface area is 101 Å². The van der Waals surface area contributed by atoms with Crippen LogP contribution in [-0.2, 0) is 6.54 Å². The summed E-state index contributed by atoms with van der Waals surface area (Å²) in [6, 6.07) is 6.22. The molecule has 6 nitrogen and oxygen atoms in total. The van der Waals surface area contributed by atoms with Gasteiger partial charge in [0.2, 0.25) is 5.89 Å². The highest BCUT2D eigenvalue weighted by molar-refractivity contribution is 5.61. The summed E-state index contributed by atoms with van der Waals surface area (Å²) >= 11 is 0. The zero-order valence-electron chi connectivity index (χ0n) is 9.14. The molecule has 2 aromatic rings. The average Bonchev–Trinajstić information content (AvgIpc) is 2.79. The molecule has 0 radical (unpaired) electrons. The minimum absolute atomic E-state index is 0.0139. The van der Waals surface area contributed by atoms with Gasteiger partial charge in [-0.1, -0.05) is 17.2 Å². The highest BCUT2D eigenvalue weighted by Gasteiger charge is 2.11. The van der Waals surface area contributed by atoms with E-state index in [4.69, 9.17) is 10.2 Å². The second-order valence-electron chi connectivity index (χ2n) is 3.20. The minimum Gasteiger partial charge on any atom is -0.433 e. The van der Waals surface area contributed by atoms with E-state index in [2.05, 4.69) is 20.3 Å². The number of anilines is 2. The Hall–Kier alpha value is -2.22. The average molecular weight is 256 g/mol. The Morgan fingerprint density at radius 2 is 2.11 bits per heavy atom. The molecular weight excluding hydrogens is 246 g/mol. The molecule has 0 aliphatic heterocycles. The third kappa shape index (κ3) is 2.92. The first-order chi connectivity index (χ1) is 8.69. The van der Waals surface area contributed by atoms with Gasteiger partial charge < -0.3 is 20.2 Å². The molecule has 0 aliphatic carbocycles. The van der Waals surface area contributed by atoms with E-state index in [1.807, 2.05) is 0 Å². The van der Waals surface area contributed by atoms with E-state index in [9.17, 15) is 8.78 Å². The van der Waals surface area contributed by atoms with E-state index >= 15 is 0 Å². The normalized spacial score (nSPS) is 10.7. The number of ether oxygens (including phenoxy) is 1. The van der Waals surface area contributed by atoms with Crippen molar-refractivity contribution >= 4 is 11.7 Å². The number of nitrogens with two attached hydrogens (primary N) is 1. The van der Waals surface area contributed by atoms with Crippen LogP contribution in [0.15, 0.2) is 28.7 Å². The lowest BCUT2D eigenvalue weighted by Crippen LogP contribution is -2.04. The Bertz CT molecular complexity index is 518. The Morgan fingerprint density at radius 3 is 2.78 bits per heavy atom. The smallest absolute Gasteiger partial charge is 0.387 e. The summed E-state index contributed by atoms with van der Waals surface area (Å²) in [5, 5.41) is 9.96. The Morgan fingerprint density at radius 1 is 1.33 bits per heavy atom. The molecule has 0 atom stereocenters. The van der Waals surface area contributed by atoms with Crippen molar-refractivity contribution in [2.45, 2.75) is 13.2 Å². The predicted molar refractivity (Wildman–Crippen MR) is 58.5 cm³/mol. The van der Waals surface area contributed by atoms with Gasteiger partial charge in [-0.3, -0.25) is 0 Å². The standard InChI is InChI=1S/C10H10F2N4O2/c11-9(12)17-7-4-2-1-3-6(7)14-10-16-15-8(5-13)18-10/h1-4,9H,5,13H2,(H,14,16). The summed E-state index contributed by atoms with van der Waals surface area (Å²) in [6.07, 6.45) is 0. The molecule has 8 heteroatoms. The van der Waals surface area contributed by atoms with Crippen LogP contribution in [0.2, 0.25) is 0 Å². The first-order valence-electron chi connectivity index (χ1n) is 5.02. The molecule has 0 fully saturated rings. The summed E-state index contributed by atoms with van der Waals surface area (Å²) in [6.45, 7) is -2.81. The highest BCUT2D eigenvalue weighted by atomic mass is 19.3. The van der Waals surface area contributed by atoms with Crippen molar-refractivity contribution < 1.29 is 17.9 Å². The van der Waals surface area contributed by atoms with Gasteiger partial charge in [0.05, 0.1) is 12.2 Å². The largest absolute Gasteiger partial charge is 0.433 e. The van der Waals surface area contributed by atoms with Crippen molar-refractivity contribution in [1.29, 1.82) is 0 Å². The van der Waals surface area contributed by atoms with Crippen LogP contribution in [-0.4, -0.2) is 16.8 Å². The topological polar surface area (TPSA) is 86.2 Å². The van der Waals surface area contributed by atoms with Gasteiger partial charge in [0.25, 0.3) is 0 Å². The number of aromatic nitrogens is 2. The van der Waals surface area contributed by atoms with Crippen molar-refractivity contribution in [3.63, 3.8) is 0 Å². The highest BCUT2D eigenvalue weighted by Crippen LogP contribution is 2.28. The van der Waals surface area contributed by atoms with Gasteiger partial charge in [0.15, 0.2) is 0 Å². The van der Waals surface area contributed by atoms with E-state index in [0.29, 0.717) is 5.69 Å². The minimum atomic E-state index is -2.91. The molecule has 0 unspecified atom stereocenters. The van der Waals surface area contributed by atoms with Gasteiger partial charge in [-0.25, -0.2) is 0 Å². The molecule has 1 heterocycles. The van der Waals surface area contributed by atoms with Crippen LogP contribution in [0.5, 0.6) is 5.75 Å². The van der Waals surface area contributed by atoms with Crippen LogP contribution < -0.4 is 15.8 Å². The summed E-state index contributed by atoms with van der Waals surface area (Å²) in [7, 11) is 0. The number of nitrogens with one attached hydrogen (secondary N) is 1. The van der Waals surface area contributed by atoms with Gasteiger partial charge >= 0.3 is 12.6 Å². The number of nitrogens with zero attached hydrogens (tertiary/aromatic N) is 2. The second kappa shape index (κ2) is 5.41. The number of para-hydroxylation sites is 2. The Balaban J connectivity index is 2.17. The van der Waals surface area contributed by atoms with E-state index in [1.54, 1.807) is 18.2 Å². The maximum absolute atomic E-state index is 12.2. The molecule has 1 aromatic heterocycles. The van der Waals surface area contributed by atoms with Crippen LogP contribution in [0.1, 0.15) is 5.89 Å². The molecule has 0 amide bonds. The van der Waals surface area contributed by atoms with Crippen LogP contribution >= 0.6 is 0 Å². The van der Waals surface area contributed by atoms with Gasteiger partial charge in [0, 0.05) is 0 Å². The van der Waals surface area contributed by atoms with Crippen LogP contribution in [0.4, 0.5) is 20.5 Å². The quantitative estimate of drug-likeness (QED) is 0.849. The Kier molecular flexibility index (Phi) is 3.68. The maximum Gasteiger partial charge on any atom is 0.387 e. The number of rotatable bonds is 5. The molecule has 0 bridgehead atoms. The predicted octanol–water partition coefficient (Wildman–Crippen LogP) is 1.87. The lowest BCUT2D eigenvalue weighted by molar-refractivity contribution is -0.0493. The summed E-state index contributed by atoms with van der Waals surface area (Å²) < 4.78 is 33.8. The fourth-order valence-electron chi connectivity index (χ4n) is 1.27. The van der Waals surface area contributed by atoms with Crippen molar-refractivity contribution in [3.8, 4) is 5.75 Å². The lowest BCUT2D eigenvalue weighted by atomic mass is 10.3. The fraction of sp³-hybridized carbons (Fsp3) is 0.200. The summed E-state index contributed by atoms with van der Waals surface area (Å²) in [5.74, 6) is 0.227. The number of benzene rings is 1. The molecule has 0 saturated heterocycles. The fourth-order valence-corrected chi connectivity index (χ4v) is 1.27. The molecule has 2 rings (SSSR count). The lowest BCUT2D eigenvalue weighted by Gasteiger charge is -2.09. The molecule has 0 aliphatic rings. The van der Waals surface area contributed by atoms with Crippen LogP contribution in [0.25, 0.3) is 0 Å². The first-order valence-corrected chi connectivity index (χ1v) is 5.02. The molecule has 3 N–H and O–H groups in total. The first kappa shape index (κ1) is 12.2. The SMILES string of the molecule is NCc1nnc(Nc2ccccc2OC(F)F)o1. The van der Waals surface area contributed by atoms with Crippen LogP contribution in [0.3, 0.4) is 0 Å². The third-order valence-electron chi connectivity index (χ3n) is 1.99. The van der Waals surface area contributed by atoms with Gasteiger partial charge in [-0.2, -0.15) is 8.78 Å². The molecular formula is C10H10F2N4O2. The molecule has 18 heavy (non-hydrogen) atoms. The van der Waals surface area contributed by atoms with Crippen LogP contribution in [0, 0.1) is 0 Å². The molecule has 0 saturated carbocycles. The van der Waals surface area contributed by atoms with Crippen molar-refractivity contribution in [3.05, 3.63) is 30.2 Å². The van der Waals surface area contributed by atoms with Crippen molar-refractivity contribution in [1.82, 2.24) is 10.2 Å². The summed E-state index contributed by atoms with van der Waals surface area (Å²) in [5.41, 5.74) is 5.60. The maximum atomic E-state index is 12.2.